The van der Waals surface area contributed by atoms with Gasteiger partial charge in [0, 0.05) is 0 Å². The fourth-order valence-electron chi connectivity index (χ4n) is 3.07. The molecule has 3 atom stereocenters. The van der Waals surface area contributed by atoms with Crippen LogP contribution in [0.25, 0.3) is 0 Å². The quantitative estimate of drug-likeness (QED) is 0.507. The van der Waals surface area contributed by atoms with Crippen molar-refractivity contribution in [3.05, 3.63) is 35.5 Å². The van der Waals surface area contributed by atoms with E-state index in [4.69, 9.17) is 0 Å². The highest BCUT2D eigenvalue weighted by Gasteiger charge is 2.35. The lowest BCUT2D eigenvalue weighted by molar-refractivity contribution is 0.319. The minimum absolute atomic E-state index is 0.726. The van der Waals surface area contributed by atoms with Gasteiger partial charge in [-0.15, -0.1) is 0 Å². The molecule has 2 aliphatic rings. The highest BCUT2D eigenvalue weighted by atomic mass is 14.4. The van der Waals surface area contributed by atoms with Crippen molar-refractivity contribution in [3.63, 3.8) is 0 Å². The molecule has 1 fully saturated rings. The van der Waals surface area contributed by atoms with Gasteiger partial charge in [0.15, 0.2) is 0 Å². The van der Waals surface area contributed by atoms with Crippen LogP contribution in [0.5, 0.6) is 0 Å². The third-order valence-corrected chi connectivity index (χ3v) is 4.22. The van der Waals surface area contributed by atoms with E-state index in [1.807, 2.05) is 0 Å². The van der Waals surface area contributed by atoms with Crippen molar-refractivity contribution in [3.8, 4) is 0 Å². The minimum atomic E-state index is 0.726. The maximum absolute atomic E-state index is 4.24. The van der Waals surface area contributed by atoms with Crippen LogP contribution in [0.4, 0.5) is 0 Å². The summed E-state index contributed by atoms with van der Waals surface area (Å²) in [6, 6.07) is 0. The maximum Gasteiger partial charge on any atom is -0.00966 e. The van der Waals surface area contributed by atoms with Crippen molar-refractivity contribution >= 4 is 0 Å². The van der Waals surface area contributed by atoms with E-state index in [2.05, 4.69) is 39.5 Å². The molecule has 3 unspecified atom stereocenters. The van der Waals surface area contributed by atoms with Gasteiger partial charge in [-0.1, -0.05) is 42.4 Å². The maximum atomic E-state index is 4.24. The lowest BCUT2D eigenvalue weighted by Crippen LogP contribution is -2.15. The first-order valence-electron chi connectivity index (χ1n) is 6.10. The van der Waals surface area contributed by atoms with Gasteiger partial charge in [-0.05, 0) is 50.9 Å². The second-order valence-electron chi connectivity index (χ2n) is 5.47. The molecule has 0 spiro atoms. The molecule has 0 aromatic heterocycles. The first-order chi connectivity index (χ1) is 7.09. The first kappa shape index (κ1) is 10.7. The molecule has 0 nitrogen and oxygen atoms in total. The third kappa shape index (κ3) is 1.95. The Labute approximate surface area is 93.8 Å². The second-order valence-corrected chi connectivity index (χ2v) is 5.47. The number of hydrogen-bond donors (Lipinski definition) is 0. The Hall–Kier alpha value is -0.780. The predicted octanol–water partition coefficient (Wildman–Crippen LogP) is 4.50. The van der Waals surface area contributed by atoms with E-state index in [1.54, 1.807) is 5.57 Å². The van der Waals surface area contributed by atoms with Crippen molar-refractivity contribution in [2.24, 2.45) is 17.8 Å². The van der Waals surface area contributed by atoms with Gasteiger partial charge in [-0.2, -0.15) is 0 Å². The molecular formula is C15H22. The summed E-state index contributed by atoms with van der Waals surface area (Å²) >= 11 is 0. The largest absolute Gasteiger partial charge is 0.0955 e. The topological polar surface area (TPSA) is 0 Å². The Kier molecular flexibility index (Phi) is 2.86. The van der Waals surface area contributed by atoms with Crippen LogP contribution in [0.1, 0.15) is 40.0 Å². The summed E-state index contributed by atoms with van der Waals surface area (Å²) in [5.41, 5.74) is 4.58. The predicted molar refractivity (Wildman–Crippen MR) is 66.6 cm³/mol. The fraction of sp³-hybridized carbons (Fsp3) is 0.600. The van der Waals surface area contributed by atoms with Crippen LogP contribution in [-0.4, -0.2) is 0 Å². The normalized spacial score (nSPS) is 35.3. The van der Waals surface area contributed by atoms with Crippen molar-refractivity contribution in [2.45, 2.75) is 40.0 Å². The zero-order valence-electron chi connectivity index (χ0n) is 10.2. The Morgan fingerprint density at radius 2 is 2.07 bits per heavy atom. The number of fused-ring (bicyclic) bond motifs is 1. The van der Waals surface area contributed by atoms with E-state index in [-0.39, 0.29) is 0 Å². The Bertz CT molecular complexity index is 326. The molecule has 15 heavy (non-hydrogen) atoms. The number of hydrogen-bond acceptors (Lipinski definition) is 0. The second kappa shape index (κ2) is 4.00. The summed E-state index contributed by atoms with van der Waals surface area (Å²) in [6.07, 6.45) is 8.38. The van der Waals surface area contributed by atoms with Crippen molar-refractivity contribution < 1.29 is 0 Å². The Morgan fingerprint density at radius 3 is 2.73 bits per heavy atom. The summed E-state index contributed by atoms with van der Waals surface area (Å²) in [4.78, 5) is 0. The Balaban J connectivity index is 2.28. The van der Waals surface area contributed by atoms with Crippen molar-refractivity contribution in [1.29, 1.82) is 0 Å². The first-order valence-corrected chi connectivity index (χ1v) is 6.10. The standard InChI is InChI=1S/C15H22/c1-10(2)13-8-14-11(3)6-5-7-12(4)15(14)9-13/h5-6,12,14-15H,3,7-9H2,1-2,4H3. The molecule has 0 aliphatic heterocycles. The molecule has 0 N–H and O–H groups in total. The van der Waals surface area contributed by atoms with Gasteiger partial charge in [0.2, 0.25) is 0 Å². The van der Waals surface area contributed by atoms with Crippen LogP contribution in [0.15, 0.2) is 35.5 Å². The molecule has 0 bridgehead atoms. The van der Waals surface area contributed by atoms with Crippen molar-refractivity contribution in [1.82, 2.24) is 0 Å². The molecule has 0 radical (unpaired) electrons. The molecule has 0 amide bonds. The fourth-order valence-corrected chi connectivity index (χ4v) is 3.07. The van der Waals surface area contributed by atoms with E-state index < -0.39 is 0 Å². The highest BCUT2D eigenvalue weighted by molar-refractivity contribution is 5.29. The van der Waals surface area contributed by atoms with Gasteiger partial charge in [0.1, 0.15) is 0 Å². The van der Waals surface area contributed by atoms with E-state index >= 15 is 0 Å². The molecule has 2 rings (SSSR count). The van der Waals surface area contributed by atoms with E-state index in [1.165, 1.54) is 30.4 Å². The summed E-state index contributed by atoms with van der Waals surface area (Å²) in [6.45, 7) is 11.1. The molecule has 0 heterocycles. The summed E-state index contributed by atoms with van der Waals surface area (Å²) in [7, 11) is 0. The molecule has 0 aromatic carbocycles. The lowest BCUT2D eigenvalue weighted by Gasteiger charge is -2.22. The molecule has 0 heteroatoms. The summed E-state index contributed by atoms with van der Waals surface area (Å²) in [5.74, 6) is 2.39. The number of allylic oxidation sites excluding steroid dienone is 5. The average Bonchev–Trinajstić information content (AvgIpc) is 2.57. The lowest BCUT2D eigenvalue weighted by atomic mass is 9.82. The van der Waals surface area contributed by atoms with Gasteiger partial charge >= 0.3 is 0 Å². The zero-order valence-corrected chi connectivity index (χ0v) is 10.2. The van der Waals surface area contributed by atoms with Gasteiger partial charge < -0.3 is 0 Å². The minimum Gasteiger partial charge on any atom is -0.0955 e. The van der Waals surface area contributed by atoms with Gasteiger partial charge in [0.05, 0.1) is 0 Å². The highest BCUT2D eigenvalue weighted by Crippen LogP contribution is 2.47. The third-order valence-electron chi connectivity index (χ3n) is 4.22. The summed E-state index contributed by atoms with van der Waals surface area (Å²) in [5, 5.41) is 0. The van der Waals surface area contributed by atoms with E-state index in [0.717, 1.165) is 17.8 Å². The van der Waals surface area contributed by atoms with E-state index in [9.17, 15) is 0 Å². The molecule has 1 saturated carbocycles. The van der Waals surface area contributed by atoms with Gasteiger partial charge in [-0.3, -0.25) is 0 Å². The van der Waals surface area contributed by atoms with Crippen LogP contribution in [0.3, 0.4) is 0 Å². The number of rotatable bonds is 0. The molecule has 2 aliphatic carbocycles. The Morgan fingerprint density at radius 1 is 1.33 bits per heavy atom. The summed E-state index contributed by atoms with van der Waals surface area (Å²) < 4.78 is 0. The molecule has 82 valence electrons. The SMILES string of the molecule is C=C1C=CCC(C)C2CC(=C(C)C)CC12. The van der Waals surface area contributed by atoms with Gasteiger partial charge in [0.25, 0.3) is 0 Å². The van der Waals surface area contributed by atoms with Crippen LogP contribution in [0.2, 0.25) is 0 Å². The monoisotopic (exact) mass is 202 g/mol. The van der Waals surface area contributed by atoms with Crippen LogP contribution in [0, 0.1) is 17.8 Å². The smallest absolute Gasteiger partial charge is 0.00966 e. The van der Waals surface area contributed by atoms with Crippen LogP contribution in [-0.2, 0) is 0 Å². The van der Waals surface area contributed by atoms with Gasteiger partial charge in [-0.25, -0.2) is 0 Å². The van der Waals surface area contributed by atoms with Crippen LogP contribution >= 0.6 is 0 Å². The van der Waals surface area contributed by atoms with Crippen LogP contribution < -0.4 is 0 Å². The van der Waals surface area contributed by atoms with E-state index in [0.29, 0.717) is 0 Å². The van der Waals surface area contributed by atoms with Crippen molar-refractivity contribution in [2.75, 3.05) is 0 Å². The average molecular weight is 202 g/mol. The molecule has 0 aromatic rings. The molecular weight excluding hydrogens is 180 g/mol. The zero-order chi connectivity index (χ0) is 11.0. The molecule has 0 saturated heterocycles.